The molecule has 0 saturated carbocycles. The first-order chi connectivity index (χ1) is 5.48. The van der Waals surface area contributed by atoms with Gasteiger partial charge >= 0.3 is 0 Å². The van der Waals surface area contributed by atoms with Crippen molar-refractivity contribution < 1.29 is 5.11 Å². The van der Waals surface area contributed by atoms with Gasteiger partial charge in [0, 0.05) is 0 Å². The van der Waals surface area contributed by atoms with Crippen molar-refractivity contribution in [1.82, 2.24) is 0 Å². The van der Waals surface area contributed by atoms with Gasteiger partial charge in [0.15, 0.2) is 0 Å². The molecule has 12 heavy (non-hydrogen) atoms. The zero-order chi connectivity index (χ0) is 9.61. The first kappa shape index (κ1) is 11.8. The summed E-state index contributed by atoms with van der Waals surface area (Å²) in [5, 5.41) is 11.8. The number of hydrogen-bond donors (Lipinski definition) is 1. The van der Waals surface area contributed by atoms with Crippen LogP contribution in [-0.2, 0) is 0 Å². The van der Waals surface area contributed by atoms with E-state index in [9.17, 15) is 5.11 Å². The van der Waals surface area contributed by atoms with Crippen LogP contribution in [0.15, 0.2) is 23.1 Å². The Labute approximate surface area is 79.6 Å². The van der Waals surface area contributed by atoms with Crippen LogP contribution in [0.2, 0.25) is 0 Å². The van der Waals surface area contributed by atoms with Gasteiger partial charge in [-0.25, -0.2) is 0 Å². The highest BCUT2D eigenvalue weighted by molar-refractivity contribution is 8.01. The molecule has 1 atom stereocenters. The van der Waals surface area contributed by atoms with Gasteiger partial charge in [-0.05, 0) is 38.9 Å². The number of thioether (sulfide) groups is 1. The summed E-state index contributed by atoms with van der Waals surface area (Å²) >= 11 is 1.65. The van der Waals surface area contributed by atoms with Crippen molar-refractivity contribution in [2.75, 3.05) is 6.26 Å². The van der Waals surface area contributed by atoms with Gasteiger partial charge in [0.2, 0.25) is 0 Å². The molecule has 1 unspecified atom stereocenters. The first-order valence-electron chi connectivity index (χ1n) is 4.04. The Morgan fingerprint density at radius 2 is 2.08 bits per heavy atom. The van der Waals surface area contributed by atoms with Crippen molar-refractivity contribution in [3.05, 3.63) is 23.1 Å². The molecule has 70 valence electrons. The molecule has 0 aromatic carbocycles. The lowest BCUT2D eigenvalue weighted by Crippen LogP contribution is -2.19. The quantitative estimate of drug-likeness (QED) is 0.681. The van der Waals surface area contributed by atoms with Crippen molar-refractivity contribution in [2.24, 2.45) is 0 Å². The summed E-state index contributed by atoms with van der Waals surface area (Å²) in [6.07, 6.45) is 6.56. The maximum absolute atomic E-state index is 9.77. The van der Waals surface area contributed by atoms with E-state index in [2.05, 4.69) is 0 Å². The lowest BCUT2D eigenvalue weighted by Gasteiger charge is -2.17. The van der Waals surface area contributed by atoms with Crippen molar-refractivity contribution >= 4 is 11.8 Å². The van der Waals surface area contributed by atoms with Crippen LogP contribution in [0.3, 0.4) is 0 Å². The van der Waals surface area contributed by atoms with E-state index in [0.717, 1.165) is 5.57 Å². The average Bonchev–Trinajstić information content (AvgIpc) is 1.84. The van der Waals surface area contributed by atoms with E-state index in [1.54, 1.807) is 11.8 Å². The van der Waals surface area contributed by atoms with Crippen LogP contribution in [0.5, 0.6) is 0 Å². The van der Waals surface area contributed by atoms with Crippen LogP contribution in [0.4, 0.5) is 0 Å². The molecular formula is C10H18OS. The van der Waals surface area contributed by atoms with Crippen molar-refractivity contribution in [3.63, 3.8) is 0 Å². The SMILES string of the molecule is CS/C=C/CC(C)(O)C=C(C)C. The van der Waals surface area contributed by atoms with Crippen molar-refractivity contribution in [2.45, 2.75) is 32.8 Å². The summed E-state index contributed by atoms with van der Waals surface area (Å²) in [5.74, 6) is 0. The molecule has 0 rings (SSSR count). The zero-order valence-electron chi connectivity index (χ0n) is 8.29. The Bertz CT molecular complexity index is 176. The molecule has 0 fully saturated rings. The van der Waals surface area contributed by atoms with Gasteiger partial charge in [-0.1, -0.05) is 17.7 Å². The second-order valence-electron chi connectivity index (χ2n) is 3.39. The van der Waals surface area contributed by atoms with Crippen LogP contribution < -0.4 is 0 Å². The van der Waals surface area contributed by atoms with E-state index < -0.39 is 5.60 Å². The van der Waals surface area contributed by atoms with Gasteiger partial charge in [0.05, 0.1) is 5.60 Å². The molecule has 0 saturated heterocycles. The van der Waals surface area contributed by atoms with E-state index in [-0.39, 0.29) is 0 Å². The Kier molecular flexibility index (Phi) is 5.34. The van der Waals surface area contributed by atoms with Gasteiger partial charge in [-0.2, -0.15) is 0 Å². The molecule has 1 N–H and O–H groups in total. The molecule has 0 aliphatic carbocycles. The second kappa shape index (κ2) is 5.44. The van der Waals surface area contributed by atoms with Crippen LogP contribution in [-0.4, -0.2) is 17.0 Å². The number of rotatable bonds is 4. The molecule has 1 nitrogen and oxygen atoms in total. The molecule has 2 heteroatoms. The van der Waals surface area contributed by atoms with Gasteiger partial charge < -0.3 is 5.11 Å². The van der Waals surface area contributed by atoms with Crippen molar-refractivity contribution in [3.8, 4) is 0 Å². The third-order valence-electron chi connectivity index (χ3n) is 1.36. The number of hydrogen-bond acceptors (Lipinski definition) is 2. The maximum Gasteiger partial charge on any atom is 0.0836 e. The highest BCUT2D eigenvalue weighted by Crippen LogP contribution is 2.15. The van der Waals surface area contributed by atoms with Crippen molar-refractivity contribution in [1.29, 1.82) is 0 Å². The molecular weight excluding hydrogens is 168 g/mol. The molecule has 0 aromatic rings. The molecule has 0 aliphatic rings. The molecule has 0 bridgehead atoms. The Balaban J connectivity index is 4.04. The third-order valence-corrected chi connectivity index (χ3v) is 1.83. The van der Waals surface area contributed by atoms with E-state index in [0.29, 0.717) is 6.42 Å². The number of aliphatic hydroxyl groups is 1. The smallest absolute Gasteiger partial charge is 0.0836 e. The summed E-state index contributed by atoms with van der Waals surface area (Å²) < 4.78 is 0. The van der Waals surface area contributed by atoms with E-state index in [4.69, 9.17) is 0 Å². The van der Waals surface area contributed by atoms with Crippen LogP contribution in [0, 0.1) is 0 Å². The standard InChI is InChI=1S/C10H18OS/c1-9(2)8-10(3,11)6-5-7-12-4/h5,7-8,11H,6H2,1-4H3/b7-5+. The minimum Gasteiger partial charge on any atom is -0.386 e. The Morgan fingerprint density at radius 1 is 1.50 bits per heavy atom. The fraction of sp³-hybridized carbons (Fsp3) is 0.600. The summed E-state index contributed by atoms with van der Waals surface area (Å²) in [5.41, 5.74) is 0.461. The largest absolute Gasteiger partial charge is 0.386 e. The van der Waals surface area contributed by atoms with Gasteiger partial charge in [-0.3, -0.25) is 0 Å². The average molecular weight is 186 g/mol. The Morgan fingerprint density at radius 3 is 2.50 bits per heavy atom. The van der Waals surface area contributed by atoms with E-state index in [1.165, 1.54) is 0 Å². The Hall–Kier alpha value is -0.210. The molecule has 0 amide bonds. The fourth-order valence-corrected chi connectivity index (χ4v) is 1.35. The third kappa shape index (κ3) is 6.50. The normalized spacial score (nSPS) is 16.1. The maximum atomic E-state index is 9.77. The second-order valence-corrected chi connectivity index (χ2v) is 4.13. The zero-order valence-corrected chi connectivity index (χ0v) is 9.11. The topological polar surface area (TPSA) is 20.2 Å². The molecule has 0 aromatic heterocycles. The molecule has 0 radical (unpaired) electrons. The van der Waals surface area contributed by atoms with E-state index in [1.807, 2.05) is 44.6 Å². The predicted octanol–water partition coefficient (Wildman–Crippen LogP) is 2.97. The van der Waals surface area contributed by atoms with Gasteiger partial charge in [0.25, 0.3) is 0 Å². The monoisotopic (exact) mass is 186 g/mol. The molecule has 0 heterocycles. The minimum absolute atomic E-state index is 0.680. The molecule has 0 aliphatic heterocycles. The predicted molar refractivity (Wildman–Crippen MR) is 57.3 cm³/mol. The summed E-state index contributed by atoms with van der Waals surface area (Å²) in [7, 11) is 0. The first-order valence-corrected chi connectivity index (χ1v) is 5.33. The van der Waals surface area contributed by atoms with Crippen LogP contribution >= 0.6 is 11.8 Å². The highest BCUT2D eigenvalue weighted by atomic mass is 32.2. The highest BCUT2D eigenvalue weighted by Gasteiger charge is 2.13. The lowest BCUT2D eigenvalue weighted by atomic mass is 10.00. The summed E-state index contributed by atoms with van der Waals surface area (Å²) in [6, 6.07) is 0. The fourth-order valence-electron chi connectivity index (χ4n) is 1.06. The number of allylic oxidation sites excluding steroid dienone is 1. The van der Waals surface area contributed by atoms with Crippen LogP contribution in [0.1, 0.15) is 27.2 Å². The van der Waals surface area contributed by atoms with Crippen LogP contribution in [0.25, 0.3) is 0 Å². The molecule has 0 spiro atoms. The van der Waals surface area contributed by atoms with Gasteiger partial charge in [0.1, 0.15) is 0 Å². The lowest BCUT2D eigenvalue weighted by molar-refractivity contribution is 0.114. The van der Waals surface area contributed by atoms with E-state index >= 15 is 0 Å². The summed E-state index contributed by atoms with van der Waals surface area (Å²) in [4.78, 5) is 0. The summed E-state index contributed by atoms with van der Waals surface area (Å²) in [6.45, 7) is 5.81. The van der Waals surface area contributed by atoms with Gasteiger partial charge in [-0.15, -0.1) is 11.8 Å². The minimum atomic E-state index is -0.689.